The van der Waals surface area contributed by atoms with Crippen LogP contribution in [0.25, 0.3) is 0 Å². The second kappa shape index (κ2) is 9.39. The summed E-state index contributed by atoms with van der Waals surface area (Å²) < 4.78 is 38.6. The Kier molecular flexibility index (Phi) is 7.52. The van der Waals surface area contributed by atoms with Gasteiger partial charge < -0.3 is 5.43 Å². The Morgan fingerprint density at radius 3 is 2.91 bits per heavy atom. The molecule has 23 heavy (non-hydrogen) atoms. The lowest BCUT2D eigenvalue weighted by Crippen LogP contribution is -2.11. The molecule has 0 saturated carbocycles. The van der Waals surface area contributed by atoms with Crippen molar-refractivity contribution in [3.05, 3.63) is 54.5 Å². The standard InChI is InChI=1S/C15H18F3N5/c1-3-7-13(12-11-22-23-14(12)15(16,17)18)19-9-5-6-10-21-20-8-4-2/h3-5,7,9-11,20H,2,6,8H2,1H3,(H,22,23)/b7-3+,9-5+,19-13-,21-10-. The third kappa shape index (κ3) is 6.33. The lowest BCUT2D eigenvalue weighted by atomic mass is 10.1. The summed E-state index contributed by atoms with van der Waals surface area (Å²) in [5, 5.41) is 9.31. The van der Waals surface area contributed by atoms with E-state index in [0.717, 1.165) is 6.20 Å². The molecule has 0 bridgehead atoms. The Hall–Kier alpha value is -2.64. The molecule has 0 aliphatic heterocycles. The number of aromatic nitrogens is 2. The summed E-state index contributed by atoms with van der Waals surface area (Å²) in [5.41, 5.74) is 1.89. The lowest BCUT2D eigenvalue weighted by molar-refractivity contribution is -0.141. The second-order valence-electron chi connectivity index (χ2n) is 4.25. The summed E-state index contributed by atoms with van der Waals surface area (Å²) in [5.74, 6) is 0. The topological polar surface area (TPSA) is 65.4 Å². The maximum absolute atomic E-state index is 12.9. The van der Waals surface area contributed by atoms with Crippen molar-refractivity contribution < 1.29 is 13.2 Å². The molecule has 1 heterocycles. The molecule has 0 aliphatic carbocycles. The predicted molar refractivity (Wildman–Crippen MR) is 85.4 cm³/mol. The summed E-state index contributed by atoms with van der Waals surface area (Å²) in [4.78, 5) is 4.06. The molecule has 0 aromatic carbocycles. The molecule has 124 valence electrons. The van der Waals surface area contributed by atoms with E-state index in [1.54, 1.807) is 31.4 Å². The van der Waals surface area contributed by atoms with Crippen LogP contribution in [0.3, 0.4) is 0 Å². The third-order valence-electron chi connectivity index (χ3n) is 2.50. The first-order chi connectivity index (χ1) is 11.0. The van der Waals surface area contributed by atoms with Crippen LogP contribution in [-0.4, -0.2) is 28.7 Å². The van der Waals surface area contributed by atoms with Crippen molar-refractivity contribution in [2.75, 3.05) is 6.54 Å². The van der Waals surface area contributed by atoms with Gasteiger partial charge in [0.05, 0.1) is 24.0 Å². The van der Waals surface area contributed by atoms with E-state index < -0.39 is 11.9 Å². The van der Waals surface area contributed by atoms with Crippen molar-refractivity contribution in [1.82, 2.24) is 15.6 Å². The summed E-state index contributed by atoms with van der Waals surface area (Å²) in [6.07, 6.45) is 6.59. The number of rotatable bonds is 8. The van der Waals surface area contributed by atoms with E-state index in [1.807, 2.05) is 5.10 Å². The Bertz CT molecular complexity index is 609. The monoisotopic (exact) mass is 325 g/mol. The molecule has 0 atom stereocenters. The number of hydrogen-bond acceptors (Lipinski definition) is 4. The molecule has 0 aliphatic rings. The van der Waals surface area contributed by atoms with E-state index in [9.17, 15) is 13.2 Å². The number of hydrogen-bond donors (Lipinski definition) is 2. The first-order valence-electron chi connectivity index (χ1n) is 6.82. The highest BCUT2D eigenvalue weighted by Gasteiger charge is 2.36. The van der Waals surface area contributed by atoms with Crippen LogP contribution in [0.4, 0.5) is 13.2 Å². The van der Waals surface area contributed by atoms with Gasteiger partial charge in [0.15, 0.2) is 0 Å². The zero-order valence-corrected chi connectivity index (χ0v) is 12.6. The van der Waals surface area contributed by atoms with Crippen LogP contribution in [0.1, 0.15) is 24.6 Å². The maximum atomic E-state index is 12.9. The molecule has 0 radical (unpaired) electrons. The highest BCUT2D eigenvalue weighted by molar-refractivity contribution is 6.09. The van der Waals surface area contributed by atoms with E-state index in [4.69, 9.17) is 0 Å². The molecule has 0 fully saturated rings. The van der Waals surface area contributed by atoms with E-state index >= 15 is 0 Å². The zero-order chi connectivity index (χ0) is 17.1. The molecular formula is C15H18F3N5. The number of aliphatic imine (C=N–C) groups is 1. The van der Waals surface area contributed by atoms with E-state index in [2.05, 4.69) is 27.2 Å². The number of H-pyrrole nitrogens is 1. The molecule has 1 aromatic rings. The van der Waals surface area contributed by atoms with Crippen LogP contribution < -0.4 is 5.43 Å². The van der Waals surface area contributed by atoms with Crippen LogP contribution in [0.15, 0.2) is 53.4 Å². The predicted octanol–water partition coefficient (Wildman–Crippen LogP) is 3.46. The van der Waals surface area contributed by atoms with Crippen molar-refractivity contribution >= 4 is 11.9 Å². The van der Waals surface area contributed by atoms with Gasteiger partial charge in [0, 0.05) is 18.8 Å². The summed E-state index contributed by atoms with van der Waals surface area (Å²) in [6, 6.07) is 0. The summed E-state index contributed by atoms with van der Waals surface area (Å²) in [6.45, 7) is 5.79. The minimum absolute atomic E-state index is 0.0958. The number of allylic oxidation sites excluding steroid dienone is 3. The fourth-order valence-electron chi connectivity index (χ4n) is 1.55. The highest BCUT2D eigenvalue weighted by Crippen LogP contribution is 2.30. The van der Waals surface area contributed by atoms with E-state index in [-0.39, 0.29) is 11.3 Å². The number of hydrazone groups is 1. The van der Waals surface area contributed by atoms with E-state index in [1.165, 1.54) is 12.3 Å². The molecule has 8 heteroatoms. The van der Waals surface area contributed by atoms with Gasteiger partial charge in [-0.1, -0.05) is 18.2 Å². The van der Waals surface area contributed by atoms with Crippen molar-refractivity contribution in [3.8, 4) is 0 Å². The maximum Gasteiger partial charge on any atom is 0.433 e. The first kappa shape index (κ1) is 18.4. The van der Waals surface area contributed by atoms with Gasteiger partial charge >= 0.3 is 6.18 Å². The van der Waals surface area contributed by atoms with Gasteiger partial charge in [-0.15, -0.1) is 6.58 Å². The average molecular weight is 325 g/mol. The second-order valence-corrected chi connectivity index (χ2v) is 4.25. The van der Waals surface area contributed by atoms with Gasteiger partial charge in [0.25, 0.3) is 0 Å². The molecular weight excluding hydrogens is 307 g/mol. The van der Waals surface area contributed by atoms with Crippen molar-refractivity contribution in [3.63, 3.8) is 0 Å². The smallest absolute Gasteiger partial charge is 0.307 e. The fraction of sp³-hybridized carbons (Fsp3) is 0.267. The Balaban J connectivity index is 2.81. The lowest BCUT2D eigenvalue weighted by Gasteiger charge is -2.06. The minimum Gasteiger partial charge on any atom is -0.307 e. The largest absolute Gasteiger partial charge is 0.433 e. The minimum atomic E-state index is -4.51. The van der Waals surface area contributed by atoms with Crippen molar-refractivity contribution in [1.29, 1.82) is 0 Å². The van der Waals surface area contributed by atoms with Gasteiger partial charge in [-0.3, -0.25) is 10.1 Å². The molecule has 0 unspecified atom stereocenters. The Labute approximate surface area is 132 Å². The Morgan fingerprint density at radius 2 is 2.26 bits per heavy atom. The molecule has 1 aromatic heterocycles. The van der Waals surface area contributed by atoms with Crippen LogP contribution in [0, 0.1) is 0 Å². The number of nitrogens with zero attached hydrogens (tertiary/aromatic N) is 3. The molecule has 0 spiro atoms. The van der Waals surface area contributed by atoms with Crippen LogP contribution in [-0.2, 0) is 6.18 Å². The van der Waals surface area contributed by atoms with Crippen molar-refractivity contribution in [2.45, 2.75) is 19.5 Å². The summed E-state index contributed by atoms with van der Waals surface area (Å²) >= 11 is 0. The van der Waals surface area contributed by atoms with Gasteiger partial charge in [0.2, 0.25) is 0 Å². The van der Waals surface area contributed by atoms with Gasteiger partial charge in [-0.05, 0) is 13.0 Å². The normalized spacial score (nSPS) is 13.5. The molecule has 2 N–H and O–H groups in total. The third-order valence-corrected chi connectivity index (χ3v) is 2.50. The van der Waals surface area contributed by atoms with Gasteiger partial charge in [-0.25, -0.2) is 0 Å². The molecule has 1 rings (SSSR count). The summed E-state index contributed by atoms with van der Waals surface area (Å²) in [7, 11) is 0. The molecule has 0 amide bonds. The van der Waals surface area contributed by atoms with Crippen LogP contribution in [0.2, 0.25) is 0 Å². The van der Waals surface area contributed by atoms with Crippen LogP contribution >= 0.6 is 0 Å². The van der Waals surface area contributed by atoms with Gasteiger partial charge in [0.1, 0.15) is 5.69 Å². The number of aromatic amines is 1. The molecule has 0 saturated heterocycles. The quantitative estimate of drug-likeness (QED) is 0.333. The fourth-order valence-corrected chi connectivity index (χ4v) is 1.55. The first-order valence-corrected chi connectivity index (χ1v) is 6.82. The van der Waals surface area contributed by atoms with E-state index in [0.29, 0.717) is 13.0 Å². The Morgan fingerprint density at radius 1 is 1.48 bits per heavy atom. The number of alkyl halides is 3. The SMILES string of the molecule is C=CCN/N=C\C/C=C/N=C(/C=C/C)c1cn[nH]c1C(F)(F)F. The number of nitrogens with one attached hydrogen (secondary N) is 2. The number of halogens is 3. The van der Waals surface area contributed by atoms with Crippen LogP contribution in [0.5, 0.6) is 0 Å². The molecule has 5 nitrogen and oxygen atoms in total. The zero-order valence-electron chi connectivity index (χ0n) is 12.6. The van der Waals surface area contributed by atoms with Crippen molar-refractivity contribution in [2.24, 2.45) is 10.1 Å². The highest BCUT2D eigenvalue weighted by atomic mass is 19.4. The average Bonchev–Trinajstić information content (AvgIpc) is 2.98. The van der Waals surface area contributed by atoms with Gasteiger partial charge in [-0.2, -0.15) is 23.4 Å².